The zero-order valence-corrected chi connectivity index (χ0v) is 10.2. The summed E-state index contributed by atoms with van der Waals surface area (Å²) < 4.78 is 4.99. The SMILES string of the molecule is [Br-].[CH2-]Cc1ccc(OC)cc1.[Mg+2]. The largest absolute Gasteiger partial charge is 2.00 e. The maximum atomic E-state index is 4.99. The van der Waals surface area contributed by atoms with Gasteiger partial charge in [0.25, 0.3) is 0 Å². The van der Waals surface area contributed by atoms with Gasteiger partial charge in [-0.05, 0) is 12.1 Å². The van der Waals surface area contributed by atoms with Crippen molar-refractivity contribution in [2.24, 2.45) is 0 Å². The molecule has 1 rings (SSSR count). The van der Waals surface area contributed by atoms with Crippen LogP contribution in [0.2, 0.25) is 0 Å². The molecule has 1 aromatic rings. The molecule has 0 N–H and O–H groups in total. The van der Waals surface area contributed by atoms with Gasteiger partial charge in [-0.2, -0.15) is 6.42 Å². The molecule has 0 saturated carbocycles. The van der Waals surface area contributed by atoms with Crippen LogP contribution in [0.15, 0.2) is 24.3 Å². The van der Waals surface area contributed by atoms with Crippen LogP contribution in [0.4, 0.5) is 0 Å². The van der Waals surface area contributed by atoms with E-state index < -0.39 is 0 Å². The van der Waals surface area contributed by atoms with Gasteiger partial charge < -0.3 is 28.6 Å². The van der Waals surface area contributed by atoms with Gasteiger partial charge in [-0.1, -0.05) is 17.7 Å². The molecule has 12 heavy (non-hydrogen) atoms. The summed E-state index contributed by atoms with van der Waals surface area (Å²) >= 11 is 0. The molecule has 62 valence electrons. The Kier molecular flexibility index (Phi) is 9.72. The van der Waals surface area contributed by atoms with Crippen molar-refractivity contribution in [3.63, 3.8) is 0 Å². The van der Waals surface area contributed by atoms with Gasteiger partial charge in [0.05, 0.1) is 7.11 Å². The predicted octanol–water partition coefficient (Wildman–Crippen LogP) is -1.31. The maximum absolute atomic E-state index is 4.99. The van der Waals surface area contributed by atoms with E-state index in [9.17, 15) is 0 Å². The fourth-order valence-electron chi connectivity index (χ4n) is 0.792. The van der Waals surface area contributed by atoms with Gasteiger partial charge in [0.2, 0.25) is 0 Å². The second kappa shape index (κ2) is 7.89. The van der Waals surface area contributed by atoms with Gasteiger partial charge in [-0.15, -0.1) is 0 Å². The molecule has 0 aromatic heterocycles. The number of halogens is 1. The van der Waals surface area contributed by atoms with Gasteiger partial charge in [0.1, 0.15) is 5.75 Å². The van der Waals surface area contributed by atoms with Crippen LogP contribution < -0.4 is 21.7 Å². The van der Waals surface area contributed by atoms with Crippen molar-refractivity contribution in [1.29, 1.82) is 0 Å². The van der Waals surface area contributed by atoms with Crippen LogP contribution in [-0.2, 0) is 6.42 Å². The molecule has 0 heterocycles. The van der Waals surface area contributed by atoms with E-state index in [0.717, 1.165) is 12.2 Å². The average molecular weight is 239 g/mol. The number of hydrogen-bond acceptors (Lipinski definition) is 1. The van der Waals surface area contributed by atoms with Crippen LogP contribution in [-0.4, -0.2) is 30.2 Å². The molecule has 0 amide bonds. The van der Waals surface area contributed by atoms with E-state index in [1.807, 2.05) is 24.3 Å². The monoisotopic (exact) mass is 238 g/mol. The third-order valence-electron chi connectivity index (χ3n) is 1.45. The molecule has 1 nitrogen and oxygen atoms in total. The number of rotatable bonds is 2. The van der Waals surface area contributed by atoms with Crippen molar-refractivity contribution < 1.29 is 21.7 Å². The Balaban J connectivity index is 0. The molecule has 0 radical (unpaired) electrons. The minimum absolute atomic E-state index is 0. The number of benzene rings is 1. The summed E-state index contributed by atoms with van der Waals surface area (Å²) in [5, 5.41) is 0. The summed E-state index contributed by atoms with van der Waals surface area (Å²) in [6.07, 6.45) is 0.837. The first-order chi connectivity index (χ1) is 4.86. The quantitative estimate of drug-likeness (QED) is 0.460. The predicted molar refractivity (Wildman–Crippen MR) is 47.8 cm³/mol. The van der Waals surface area contributed by atoms with Crippen LogP contribution >= 0.6 is 0 Å². The molecule has 3 heteroatoms. The molecule has 0 aliphatic rings. The Morgan fingerprint density at radius 1 is 1.25 bits per heavy atom. The van der Waals surface area contributed by atoms with E-state index in [4.69, 9.17) is 4.74 Å². The van der Waals surface area contributed by atoms with Gasteiger partial charge in [0, 0.05) is 0 Å². The Bertz CT molecular complexity index is 175. The minimum atomic E-state index is 0. The standard InChI is InChI=1S/C9H11O.BrH.Mg/c1-3-8-4-6-9(10-2)7-5-8;;/h4-7H,1,3H2,2H3;1H;/q-1;;+2/p-1. The van der Waals surface area contributed by atoms with Crippen LogP contribution in [0.5, 0.6) is 5.75 Å². The van der Waals surface area contributed by atoms with Crippen molar-refractivity contribution in [2.75, 3.05) is 7.11 Å². The molecule has 0 fully saturated rings. The number of ether oxygens (including phenoxy) is 1. The van der Waals surface area contributed by atoms with E-state index >= 15 is 0 Å². The van der Waals surface area contributed by atoms with Crippen molar-refractivity contribution in [1.82, 2.24) is 0 Å². The van der Waals surface area contributed by atoms with Crippen molar-refractivity contribution in [3.8, 4) is 5.75 Å². The van der Waals surface area contributed by atoms with Gasteiger partial charge >= 0.3 is 23.1 Å². The Morgan fingerprint density at radius 2 is 1.75 bits per heavy atom. The molecular weight excluding hydrogens is 228 g/mol. The summed E-state index contributed by atoms with van der Waals surface area (Å²) in [6.45, 7) is 3.77. The first-order valence-corrected chi connectivity index (χ1v) is 3.29. The summed E-state index contributed by atoms with van der Waals surface area (Å²) in [5.74, 6) is 0.900. The van der Waals surface area contributed by atoms with E-state index in [0.29, 0.717) is 0 Å². The van der Waals surface area contributed by atoms with Gasteiger partial charge in [0.15, 0.2) is 0 Å². The normalized spacial score (nSPS) is 7.83. The minimum Gasteiger partial charge on any atom is -1.00 e. The Hall–Kier alpha value is 0.266. The average Bonchev–Trinajstić information content (AvgIpc) is 2.05. The number of methoxy groups -OCH3 is 1. The molecule has 0 bridgehead atoms. The topological polar surface area (TPSA) is 9.23 Å². The Labute approximate surface area is 100 Å². The van der Waals surface area contributed by atoms with Gasteiger partial charge in [-0.3, -0.25) is 0 Å². The molecule has 0 unspecified atom stereocenters. The maximum Gasteiger partial charge on any atom is 2.00 e. The van der Waals surface area contributed by atoms with Crippen molar-refractivity contribution in [2.45, 2.75) is 6.42 Å². The fourth-order valence-corrected chi connectivity index (χ4v) is 0.792. The number of hydrogen-bond donors (Lipinski definition) is 0. The van der Waals surface area contributed by atoms with E-state index in [2.05, 4.69) is 6.92 Å². The molecule has 0 aliphatic carbocycles. The zero-order chi connectivity index (χ0) is 7.40. The van der Waals surface area contributed by atoms with Gasteiger partial charge in [-0.25, -0.2) is 0 Å². The molecular formula is C9H11BrMgO. The fraction of sp³-hybridized carbons (Fsp3) is 0.222. The summed E-state index contributed by atoms with van der Waals surface area (Å²) in [4.78, 5) is 0. The molecule has 0 aliphatic heterocycles. The summed E-state index contributed by atoms with van der Waals surface area (Å²) in [7, 11) is 1.67. The summed E-state index contributed by atoms with van der Waals surface area (Å²) in [6, 6.07) is 7.93. The smallest absolute Gasteiger partial charge is 1.00 e. The van der Waals surface area contributed by atoms with Crippen LogP contribution in [0, 0.1) is 6.92 Å². The Morgan fingerprint density at radius 3 is 2.08 bits per heavy atom. The second-order valence-electron chi connectivity index (χ2n) is 2.10. The van der Waals surface area contributed by atoms with Crippen molar-refractivity contribution in [3.05, 3.63) is 36.8 Å². The van der Waals surface area contributed by atoms with Crippen LogP contribution in [0.3, 0.4) is 0 Å². The first-order valence-electron chi connectivity index (χ1n) is 3.29. The van der Waals surface area contributed by atoms with E-state index in [1.54, 1.807) is 7.11 Å². The molecule has 0 saturated heterocycles. The van der Waals surface area contributed by atoms with E-state index in [-0.39, 0.29) is 40.0 Å². The second-order valence-corrected chi connectivity index (χ2v) is 2.10. The molecule has 1 aromatic carbocycles. The third kappa shape index (κ3) is 4.33. The van der Waals surface area contributed by atoms with Crippen LogP contribution in [0.25, 0.3) is 0 Å². The van der Waals surface area contributed by atoms with Crippen LogP contribution in [0.1, 0.15) is 5.56 Å². The molecule has 0 atom stereocenters. The third-order valence-corrected chi connectivity index (χ3v) is 1.45. The molecule has 0 spiro atoms. The first kappa shape index (κ1) is 14.8. The van der Waals surface area contributed by atoms with Crippen molar-refractivity contribution >= 4 is 23.1 Å². The summed E-state index contributed by atoms with van der Waals surface area (Å²) in [5.41, 5.74) is 1.24. The zero-order valence-electron chi connectivity index (χ0n) is 7.22. The van der Waals surface area contributed by atoms with E-state index in [1.165, 1.54) is 5.56 Å².